The topological polar surface area (TPSA) is 58.9 Å². The van der Waals surface area contributed by atoms with Gasteiger partial charge in [0.2, 0.25) is 0 Å². The number of ether oxygens (including phenoxy) is 2. The normalized spacial score (nSPS) is 24.4. The summed E-state index contributed by atoms with van der Waals surface area (Å²) in [5.41, 5.74) is 3.12. The molecule has 0 amide bonds. The molecule has 4 nitrogen and oxygen atoms in total. The molecule has 4 heteroatoms. The molecule has 0 bridgehead atoms. The third-order valence-corrected chi connectivity index (χ3v) is 5.47. The summed E-state index contributed by atoms with van der Waals surface area (Å²) in [7, 11) is 0. The maximum absolute atomic E-state index is 10.2. The lowest BCUT2D eigenvalue weighted by Gasteiger charge is -2.37. The van der Waals surface area contributed by atoms with Gasteiger partial charge in [-0.1, -0.05) is 18.6 Å². The molecule has 1 heterocycles. The quantitative estimate of drug-likeness (QED) is 0.850. The Morgan fingerprint density at radius 1 is 1.08 bits per heavy atom. The Balaban J connectivity index is 1.77. The van der Waals surface area contributed by atoms with Gasteiger partial charge in [-0.2, -0.15) is 0 Å². The van der Waals surface area contributed by atoms with Gasteiger partial charge in [-0.25, -0.2) is 0 Å². The van der Waals surface area contributed by atoms with E-state index in [9.17, 15) is 10.2 Å². The van der Waals surface area contributed by atoms with Crippen molar-refractivity contribution in [3.63, 3.8) is 0 Å². The first kappa shape index (κ1) is 16.3. The molecule has 2 aromatic rings. The average molecular weight is 340 g/mol. The van der Waals surface area contributed by atoms with E-state index in [1.807, 2.05) is 25.1 Å². The molecule has 0 saturated heterocycles. The predicted molar refractivity (Wildman–Crippen MR) is 95.0 cm³/mol. The standard InChI is InChI=1S/C21H24O4/c1-2-24-12-14-10-16(23)11-19-17-4-3-5-18(17)20(25-21(14)19)13-6-8-15(22)9-7-13/h6-11,17-18,20,22-23H,2-5,12H2,1H3/t17-,18?,20?/m0/s1. The second kappa shape index (κ2) is 6.60. The highest BCUT2D eigenvalue weighted by molar-refractivity contribution is 5.51. The summed E-state index contributed by atoms with van der Waals surface area (Å²) in [5.74, 6) is 2.22. The van der Waals surface area contributed by atoms with Gasteiger partial charge in [-0.05, 0) is 55.5 Å². The molecule has 4 rings (SSSR count). The van der Waals surface area contributed by atoms with E-state index < -0.39 is 0 Å². The maximum Gasteiger partial charge on any atom is 0.129 e. The van der Waals surface area contributed by atoms with Gasteiger partial charge in [0, 0.05) is 23.7 Å². The number of rotatable bonds is 4. The molecular weight excluding hydrogens is 316 g/mol. The van der Waals surface area contributed by atoms with Crippen LogP contribution >= 0.6 is 0 Å². The number of phenolic OH excluding ortho intramolecular Hbond substituents is 2. The summed E-state index contributed by atoms with van der Waals surface area (Å²) >= 11 is 0. The molecule has 1 aliphatic carbocycles. The highest BCUT2D eigenvalue weighted by atomic mass is 16.5. The van der Waals surface area contributed by atoms with Crippen molar-refractivity contribution in [1.82, 2.24) is 0 Å². The minimum absolute atomic E-state index is 0.0227. The van der Waals surface area contributed by atoms with Gasteiger partial charge in [-0.15, -0.1) is 0 Å². The second-order valence-corrected chi connectivity index (χ2v) is 6.99. The summed E-state index contributed by atoms with van der Waals surface area (Å²) in [4.78, 5) is 0. The van der Waals surface area contributed by atoms with E-state index in [-0.39, 0.29) is 17.6 Å². The molecule has 1 fully saturated rings. The molecule has 1 saturated carbocycles. The van der Waals surface area contributed by atoms with E-state index in [0.717, 1.165) is 35.3 Å². The van der Waals surface area contributed by atoms with Gasteiger partial charge in [-0.3, -0.25) is 0 Å². The van der Waals surface area contributed by atoms with Crippen LogP contribution < -0.4 is 4.74 Å². The number of fused-ring (bicyclic) bond motifs is 3. The Kier molecular flexibility index (Phi) is 4.30. The molecule has 1 aliphatic heterocycles. The summed E-state index contributed by atoms with van der Waals surface area (Å²) < 4.78 is 12.1. The van der Waals surface area contributed by atoms with E-state index in [4.69, 9.17) is 9.47 Å². The zero-order valence-electron chi connectivity index (χ0n) is 14.4. The Morgan fingerprint density at radius 2 is 1.88 bits per heavy atom. The van der Waals surface area contributed by atoms with Crippen molar-refractivity contribution < 1.29 is 19.7 Å². The van der Waals surface area contributed by atoms with Crippen LogP contribution in [0.15, 0.2) is 36.4 Å². The Bertz CT molecular complexity index is 753. The molecule has 2 N–H and O–H groups in total. The van der Waals surface area contributed by atoms with Gasteiger partial charge < -0.3 is 19.7 Å². The van der Waals surface area contributed by atoms with E-state index in [1.165, 1.54) is 6.42 Å². The van der Waals surface area contributed by atoms with E-state index in [2.05, 4.69) is 0 Å². The van der Waals surface area contributed by atoms with Gasteiger partial charge in [0.05, 0.1) is 6.61 Å². The summed E-state index contributed by atoms with van der Waals surface area (Å²) in [6, 6.07) is 10.9. The fourth-order valence-electron chi connectivity index (χ4n) is 4.37. The van der Waals surface area contributed by atoms with Crippen LogP contribution in [0.1, 0.15) is 54.9 Å². The highest BCUT2D eigenvalue weighted by Crippen LogP contribution is 2.55. The van der Waals surface area contributed by atoms with Crippen molar-refractivity contribution >= 4 is 0 Å². The summed E-state index contributed by atoms with van der Waals surface area (Å²) in [6.07, 6.45) is 3.38. The fourth-order valence-corrected chi connectivity index (χ4v) is 4.37. The summed E-state index contributed by atoms with van der Waals surface area (Å²) in [6.45, 7) is 3.02. The Labute approximate surface area is 148 Å². The molecule has 132 valence electrons. The van der Waals surface area contributed by atoms with Crippen LogP contribution in [-0.4, -0.2) is 16.8 Å². The maximum atomic E-state index is 10.2. The van der Waals surface area contributed by atoms with Gasteiger partial charge >= 0.3 is 0 Å². The van der Waals surface area contributed by atoms with Crippen molar-refractivity contribution in [1.29, 1.82) is 0 Å². The summed E-state index contributed by atoms with van der Waals surface area (Å²) in [5, 5.41) is 19.7. The number of benzene rings is 2. The van der Waals surface area contributed by atoms with Gasteiger partial charge in [0.15, 0.2) is 0 Å². The molecule has 2 aromatic carbocycles. The first-order chi connectivity index (χ1) is 12.2. The number of aromatic hydroxyl groups is 2. The van der Waals surface area contributed by atoms with Crippen molar-refractivity contribution in [2.45, 2.75) is 44.8 Å². The molecule has 0 aromatic heterocycles. The molecular formula is C21H24O4. The van der Waals surface area contributed by atoms with Crippen LogP contribution in [0.4, 0.5) is 0 Å². The smallest absolute Gasteiger partial charge is 0.129 e. The Hall–Kier alpha value is -2.20. The lowest BCUT2D eigenvalue weighted by atomic mass is 9.79. The lowest BCUT2D eigenvalue weighted by Crippen LogP contribution is -2.27. The van der Waals surface area contributed by atoms with E-state index >= 15 is 0 Å². The second-order valence-electron chi connectivity index (χ2n) is 6.99. The minimum Gasteiger partial charge on any atom is -0.508 e. The number of hydrogen-bond donors (Lipinski definition) is 2. The monoisotopic (exact) mass is 340 g/mol. The van der Waals surface area contributed by atoms with Crippen LogP contribution in [-0.2, 0) is 11.3 Å². The fraction of sp³-hybridized carbons (Fsp3) is 0.429. The van der Waals surface area contributed by atoms with Crippen molar-refractivity contribution in [2.24, 2.45) is 5.92 Å². The molecule has 3 atom stereocenters. The Morgan fingerprint density at radius 3 is 2.64 bits per heavy atom. The SMILES string of the molecule is CCOCc1cc(O)cc2c1OC(c1ccc(O)cc1)C1CCC[C@H]21. The molecule has 2 aliphatic rings. The van der Waals surface area contributed by atoms with Gasteiger partial charge in [0.1, 0.15) is 23.4 Å². The molecule has 2 unspecified atom stereocenters. The van der Waals surface area contributed by atoms with Crippen LogP contribution in [0.5, 0.6) is 17.2 Å². The third kappa shape index (κ3) is 2.95. The van der Waals surface area contributed by atoms with Crippen molar-refractivity contribution in [3.8, 4) is 17.2 Å². The largest absolute Gasteiger partial charge is 0.508 e. The third-order valence-electron chi connectivity index (χ3n) is 5.47. The number of hydrogen-bond acceptors (Lipinski definition) is 4. The van der Waals surface area contributed by atoms with Crippen molar-refractivity contribution in [2.75, 3.05) is 6.61 Å². The van der Waals surface area contributed by atoms with Crippen LogP contribution in [0.2, 0.25) is 0 Å². The number of phenols is 2. The van der Waals surface area contributed by atoms with Crippen LogP contribution in [0.3, 0.4) is 0 Å². The molecule has 0 radical (unpaired) electrons. The minimum atomic E-state index is -0.0227. The first-order valence-corrected chi connectivity index (χ1v) is 9.06. The molecule has 25 heavy (non-hydrogen) atoms. The highest BCUT2D eigenvalue weighted by Gasteiger charge is 2.42. The van der Waals surface area contributed by atoms with Crippen LogP contribution in [0, 0.1) is 5.92 Å². The van der Waals surface area contributed by atoms with E-state index in [1.54, 1.807) is 18.2 Å². The first-order valence-electron chi connectivity index (χ1n) is 9.06. The predicted octanol–water partition coefficient (Wildman–Crippen LogP) is 4.65. The lowest BCUT2D eigenvalue weighted by molar-refractivity contribution is 0.0918. The van der Waals surface area contributed by atoms with E-state index in [0.29, 0.717) is 25.0 Å². The van der Waals surface area contributed by atoms with Crippen LogP contribution in [0.25, 0.3) is 0 Å². The zero-order valence-corrected chi connectivity index (χ0v) is 14.4. The molecule has 0 spiro atoms. The van der Waals surface area contributed by atoms with Gasteiger partial charge in [0.25, 0.3) is 0 Å². The average Bonchev–Trinajstić information content (AvgIpc) is 3.10. The van der Waals surface area contributed by atoms with Crippen molar-refractivity contribution in [3.05, 3.63) is 53.1 Å². The zero-order chi connectivity index (χ0) is 17.4.